The van der Waals surface area contributed by atoms with Gasteiger partial charge in [0.15, 0.2) is 0 Å². The number of ether oxygens (including phenoxy) is 1. The van der Waals surface area contributed by atoms with Gasteiger partial charge in [0.1, 0.15) is 10.8 Å². The molecule has 0 N–H and O–H groups in total. The van der Waals surface area contributed by atoms with Crippen molar-refractivity contribution in [1.29, 1.82) is 0 Å². The molecule has 0 radical (unpaired) electrons. The summed E-state index contributed by atoms with van der Waals surface area (Å²) < 4.78 is 5.14. The number of carbonyl (C=O) groups is 1. The van der Waals surface area contributed by atoms with Crippen molar-refractivity contribution < 1.29 is 9.53 Å². The maximum absolute atomic E-state index is 12.2. The predicted octanol–water partition coefficient (Wildman–Crippen LogP) is 4.20. The van der Waals surface area contributed by atoms with Crippen LogP contribution < -0.4 is 0 Å². The van der Waals surface area contributed by atoms with Crippen LogP contribution in [0.5, 0.6) is 0 Å². The summed E-state index contributed by atoms with van der Waals surface area (Å²) in [5.41, 5.74) is 1.59. The van der Waals surface area contributed by atoms with Gasteiger partial charge in [-0.2, -0.15) is 0 Å². The Morgan fingerprint density at radius 2 is 1.95 bits per heavy atom. The van der Waals surface area contributed by atoms with Crippen LogP contribution in [0.25, 0.3) is 10.4 Å². The number of hydrogen-bond donors (Lipinski definition) is 0. The second-order valence-electron chi connectivity index (χ2n) is 4.97. The largest absolute Gasteiger partial charge is 0.462 e. The Morgan fingerprint density at radius 3 is 2.55 bits per heavy atom. The van der Waals surface area contributed by atoms with Crippen LogP contribution in [0.4, 0.5) is 5.00 Å². The Balaban J connectivity index is 2.48. The van der Waals surface area contributed by atoms with E-state index in [2.05, 4.69) is 4.99 Å². The predicted molar refractivity (Wildman–Crippen MR) is 92.2 cm³/mol. The summed E-state index contributed by atoms with van der Waals surface area (Å²) >= 11 is 1.50. The molecule has 0 aliphatic rings. The second kappa shape index (κ2) is 7.22. The fourth-order valence-electron chi connectivity index (χ4n) is 1.81. The van der Waals surface area contributed by atoms with Crippen LogP contribution in [-0.2, 0) is 4.74 Å². The summed E-state index contributed by atoms with van der Waals surface area (Å²) in [7, 11) is 3.85. The molecule has 0 bridgehead atoms. The Hall–Kier alpha value is -2.14. The summed E-state index contributed by atoms with van der Waals surface area (Å²) in [6.45, 7) is 4.07. The highest BCUT2D eigenvalue weighted by molar-refractivity contribution is 7.19. The summed E-state index contributed by atoms with van der Waals surface area (Å²) in [6, 6.07) is 11.8. The molecule has 1 heterocycles. The molecule has 0 aliphatic carbocycles. The first-order chi connectivity index (χ1) is 10.5. The number of carbonyl (C=O) groups excluding carboxylic acids is 1. The summed E-state index contributed by atoms with van der Waals surface area (Å²) in [5, 5.41) is 0.684. The third kappa shape index (κ3) is 3.74. The van der Waals surface area contributed by atoms with Crippen LogP contribution in [0.2, 0.25) is 0 Å². The third-order valence-corrected chi connectivity index (χ3v) is 4.25. The zero-order valence-corrected chi connectivity index (χ0v) is 14.1. The normalized spacial score (nSPS) is 11.4. The summed E-state index contributed by atoms with van der Waals surface area (Å²) in [6.07, 6.45) is 0. The van der Waals surface area contributed by atoms with Crippen LogP contribution in [0.1, 0.15) is 24.2 Å². The lowest BCUT2D eigenvalue weighted by atomic mass is 10.1. The minimum Gasteiger partial charge on any atom is -0.462 e. The average molecular weight is 316 g/mol. The Labute approximate surface area is 135 Å². The van der Waals surface area contributed by atoms with Crippen LogP contribution in [0.3, 0.4) is 0 Å². The minimum absolute atomic E-state index is 0.328. The van der Waals surface area contributed by atoms with Gasteiger partial charge in [0.05, 0.1) is 12.2 Å². The van der Waals surface area contributed by atoms with Gasteiger partial charge in [-0.25, -0.2) is 9.79 Å². The molecule has 0 fully saturated rings. The van der Waals surface area contributed by atoms with Crippen molar-refractivity contribution in [3.05, 3.63) is 42.0 Å². The van der Waals surface area contributed by atoms with E-state index in [4.69, 9.17) is 4.74 Å². The van der Waals surface area contributed by atoms with E-state index in [1.54, 1.807) is 6.92 Å². The lowest BCUT2D eigenvalue weighted by molar-refractivity contribution is 0.0528. The highest BCUT2D eigenvalue weighted by Crippen LogP contribution is 2.38. The van der Waals surface area contributed by atoms with Crippen molar-refractivity contribution in [2.24, 2.45) is 4.99 Å². The first-order valence-corrected chi connectivity index (χ1v) is 7.93. The van der Waals surface area contributed by atoms with Crippen molar-refractivity contribution in [2.75, 3.05) is 20.7 Å². The fourth-order valence-corrected chi connectivity index (χ4v) is 2.88. The molecule has 0 aliphatic heterocycles. The maximum Gasteiger partial charge on any atom is 0.341 e. The quantitative estimate of drug-likeness (QED) is 0.482. The zero-order chi connectivity index (χ0) is 16.1. The first-order valence-electron chi connectivity index (χ1n) is 7.12. The lowest BCUT2D eigenvalue weighted by Gasteiger charge is -2.10. The number of benzene rings is 1. The van der Waals surface area contributed by atoms with Gasteiger partial charge in [-0.1, -0.05) is 30.3 Å². The van der Waals surface area contributed by atoms with Crippen LogP contribution in [0, 0.1) is 0 Å². The Bertz CT molecular complexity index is 675. The molecule has 4 nitrogen and oxygen atoms in total. The molecule has 2 rings (SSSR count). The Morgan fingerprint density at radius 1 is 1.27 bits per heavy atom. The highest BCUT2D eigenvalue weighted by Gasteiger charge is 2.18. The van der Waals surface area contributed by atoms with Crippen LogP contribution in [-0.4, -0.2) is 37.4 Å². The SMILES string of the molecule is CCOC(=O)c1cc(-c2ccccc2)sc1N=C(C)N(C)C. The van der Waals surface area contributed by atoms with Crippen LogP contribution in [0.15, 0.2) is 41.4 Å². The molecule has 116 valence electrons. The molecule has 0 saturated heterocycles. The summed E-state index contributed by atoms with van der Waals surface area (Å²) in [5.74, 6) is 0.512. The van der Waals surface area contributed by atoms with Crippen LogP contribution >= 0.6 is 11.3 Å². The minimum atomic E-state index is -0.328. The van der Waals surface area contributed by atoms with Crippen molar-refractivity contribution >= 4 is 28.1 Å². The molecule has 0 saturated carbocycles. The smallest absolute Gasteiger partial charge is 0.341 e. The molecule has 1 aromatic carbocycles. The van der Waals surface area contributed by atoms with Gasteiger partial charge < -0.3 is 9.64 Å². The number of nitrogens with zero attached hydrogens (tertiary/aromatic N) is 2. The molecule has 0 atom stereocenters. The second-order valence-corrected chi connectivity index (χ2v) is 6.00. The van der Waals surface area contributed by atoms with E-state index in [-0.39, 0.29) is 5.97 Å². The number of aliphatic imine (C=N–C) groups is 1. The van der Waals surface area contributed by atoms with E-state index in [0.29, 0.717) is 17.2 Å². The van der Waals surface area contributed by atoms with Gasteiger partial charge in [-0.15, -0.1) is 11.3 Å². The highest BCUT2D eigenvalue weighted by atomic mass is 32.1. The molecule has 0 amide bonds. The number of hydrogen-bond acceptors (Lipinski definition) is 4. The zero-order valence-electron chi connectivity index (χ0n) is 13.3. The van der Waals surface area contributed by atoms with E-state index in [9.17, 15) is 4.79 Å². The van der Waals surface area contributed by atoms with Crippen molar-refractivity contribution in [1.82, 2.24) is 4.90 Å². The van der Waals surface area contributed by atoms with Crippen molar-refractivity contribution in [2.45, 2.75) is 13.8 Å². The van der Waals surface area contributed by atoms with Gasteiger partial charge in [-0.05, 0) is 25.5 Å². The molecule has 22 heavy (non-hydrogen) atoms. The fraction of sp³-hybridized carbons (Fsp3) is 0.294. The monoisotopic (exact) mass is 316 g/mol. The topological polar surface area (TPSA) is 41.9 Å². The van der Waals surface area contributed by atoms with Gasteiger partial charge in [-0.3, -0.25) is 0 Å². The van der Waals surface area contributed by atoms with Crippen molar-refractivity contribution in [3.8, 4) is 10.4 Å². The van der Waals surface area contributed by atoms with E-state index in [0.717, 1.165) is 16.3 Å². The molecule has 0 spiro atoms. The molecule has 2 aromatic rings. The molecule has 1 aromatic heterocycles. The van der Waals surface area contributed by atoms with Crippen molar-refractivity contribution in [3.63, 3.8) is 0 Å². The molecule has 5 heteroatoms. The molecule has 0 unspecified atom stereocenters. The third-order valence-electron chi connectivity index (χ3n) is 3.18. The standard InChI is InChI=1S/C17H20N2O2S/c1-5-21-17(20)14-11-15(13-9-7-6-8-10-13)22-16(14)18-12(2)19(3)4/h6-11H,5H2,1-4H3. The lowest BCUT2D eigenvalue weighted by Crippen LogP contribution is -2.17. The first kappa shape index (κ1) is 16.2. The van der Waals surface area contributed by atoms with Gasteiger partial charge >= 0.3 is 5.97 Å². The van der Waals surface area contributed by atoms with Gasteiger partial charge in [0, 0.05) is 19.0 Å². The maximum atomic E-state index is 12.2. The molecular weight excluding hydrogens is 296 g/mol. The van der Waals surface area contributed by atoms with Gasteiger partial charge in [0.25, 0.3) is 0 Å². The van der Waals surface area contributed by atoms with E-state index in [1.807, 2.05) is 62.3 Å². The number of amidine groups is 1. The number of esters is 1. The van der Waals surface area contributed by atoms with E-state index >= 15 is 0 Å². The molecular formula is C17H20N2O2S. The van der Waals surface area contributed by atoms with Gasteiger partial charge in [0.2, 0.25) is 0 Å². The Kier molecular flexibility index (Phi) is 5.33. The number of rotatable bonds is 4. The number of thiophene rings is 1. The van der Waals surface area contributed by atoms with E-state index < -0.39 is 0 Å². The van der Waals surface area contributed by atoms with E-state index in [1.165, 1.54) is 11.3 Å². The summed E-state index contributed by atoms with van der Waals surface area (Å²) in [4.78, 5) is 19.7. The average Bonchev–Trinajstić information content (AvgIpc) is 2.92.